The highest BCUT2D eigenvalue weighted by Crippen LogP contribution is 2.33. The van der Waals surface area contributed by atoms with Crippen molar-refractivity contribution >= 4 is 27.5 Å². The number of anilines is 1. The highest BCUT2D eigenvalue weighted by Gasteiger charge is 2.35. The van der Waals surface area contributed by atoms with E-state index >= 15 is 0 Å². The van der Waals surface area contributed by atoms with Crippen molar-refractivity contribution in [3.63, 3.8) is 0 Å². The zero-order valence-electron chi connectivity index (χ0n) is 27.7. The van der Waals surface area contributed by atoms with E-state index in [1.807, 2.05) is 82.3 Å². The van der Waals surface area contributed by atoms with Crippen molar-refractivity contribution < 1.29 is 22.7 Å². The van der Waals surface area contributed by atoms with E-state index in [1.54, 1.807) is 36.4 Å². The normalized spacial score (nSPS) is 11.8. The van der Waals surface area contributed by atoms with Crippen LogP contribution in [0.1, 0.15) is 48.9 Å². The predicted octanol–water partition coefficient (Wildman–Crippen LogP) is 6.45. The van der Waals surface area contributed by atoms with Gasteiger partial charge in [0.25, 0.3) is 10.0 Å². The second kappa shape index (κ2) is 16.8. The topological polar surface area (TPSA) is 96.0 Å². The van der Waals surface area contributed by atoms with E-state index < -0.39 is 28.5 Å². The van der Waals surface area contributed by atoms with Crippen LogP contribution in [0, 0.1) is 13.8 Å². The minimum atomic E-state index is -4.24. The monoisotopic (exact) mass is 655 g/mol. The summed E-state index contributed by atoms with van der Waals surface area (Å²) in [5.74, 6) is -0.462. The number of para-hydroxylation sites is 2. The average molecular weight is 656 g/mol. The molecule has 0 bridgehead atoms. The van der Waals surface area contributed by atoms with Crippen molar-refractivity contribution in [3.8, 4) is 5.75 Å². The minimum Gasteiger partial charge on any atom is -0.492 e. The van der Waals surface area contributed by atoms with Gasteiger partial charge in [-0.05, 0) is 68.1 Å². The van der Waals surface area contributed by atoms with Crippen LogP contribution in [0.3, 0.4) is 0 Å². The maximum atomic E-state index is 14.7. The van der Waals surface area contributed by atoms with Crippen LogP contribution in [-0.2, 0) is 32.6 Å². The number of sulfonamides is 1. The summed E-state index contributed by atoms with van der Waals surface area (Å²) < 4.78 is 35.7. The fourth-order valence-corrected chi connectivity index (χ4v) is 6.75. The molecule has 0 saturated heterocycles. The van der Waals surface area contributed by atoms with Gasteiger partial charge in [0.1, 0.15) is 18.3 Å². The van der Waals surface area contributed by atoms with Gasteiger partial charge in [0, 0.05) is 19.5 Å². The Labute approximate surface area is 279 Å². The van der Waals surface area contributed by atoms with Crippen LogP contribution in [0.5, 0.6) is 5.75 Å². The molecule has 4 rings (SSSR count). The van der Waals surface area contributed by atoms with Crippen molar-refractivity contribution in [2.45, 2.75) is 64.4 Å². The number of nitrogens with zero attached hydrogens (tertiary/aromatic N) is 2. The third-order valence-electron chi connectivity index (χ3n) is 8.02. The second-order valence-corrected chi connectivity index (χ2v) is 13.4. The molecule has 4 aromatic rings. The van der Waals surface area contributed by atoms with Crippen LogP contribution < -0.4 is 14.4 Å². The summed E-state index contributed by atoms with van der Waals surface area (Å²) in [6.07, 6.45) is 1.96. The van der Waals surface area contributed by atoms with Crippen LogP contribution in [0.25, 0.3) is 0 Å². The largest absolute Gasteiger partial charge is 0.492 e. The van der Waals surface area contributed by atoms with Crippen molar-refractivity contribution in [2.75, 3.05) is 24.0 Å². The van der Waals surface area contributed by atoms with E-state index in [9.17, 15) is 18.0 Å². The fraction of sp³-hybridized carbons (Fsp3) is 0.316. The highest BCUT2D eigenvalue weighted by atomic mass is 32.2. The maximum Gasteiger partial charge on any atom is 0.264 e. The van der Waals surface area contributed by atoms with Crippen molar-refractivity contribution in [1.82, 2.24) is 10.2 Å². The van der Waals surface area contributed by atoms with Gasteiger partial charge in [-0.1, -0.05) is 97.8 Å². The fourth-order valence-electron chi connectivity index (χ4n) is 5.32. The number of hydrogen-bond acceptors (Lipinski definition) is 5. The number of benzene rings is 4. The number of hydrogen-bond donors (Lipinski definition) is 1. The summed E-state index contributed by atoms with van der Waals surface area (Å²) in [7, 11) is -4.24. The molecule has 1 unspecified atom stereocenters. The average Bonchev–Trinajstić information content (AvgIpc) is 3.07. The van der Waals surface area contributed by atoms with Crippen LogP contribution in [-0.4, -0.2) is 50.9 Å². The number of rotatable bonds is 16. The number of carbonyl (C=O) groups is 2. The summed E-state index contributed by atoms with van der Waals surface area (Å²) >= 11 is 0. The lowest BCUT2D eigenvalue weighted by Gasteiger charge is -2.34. The lowest BCUT2D eigenvalue weighted by atomic mass is 10.0. The number of unbranched alkanes of at least 4 members (excludes halogenated alkanes) is 1. The predicted molar refractivity (Wildman–Crippen MR) is 187 cm³/mol. The quantitative estimate of drug-likeness (QED) is 0.140. The molecular weight excluding hydrogens is 611 g/mol. The summed E-state index contributed by atoms with van der Waals surface area (Å²) in [6, 6.07) is 29.7. The van der Waals surface area contributed by atoms with Gasteiger partial charge in [-0.2, -0.15) is 0 Å². The zero-order chi connectivity index (χ0) is 33.8. The van der Waals surface area contributed by atoms with Gasteiger partial charge in [-0.15, -0.1) is 0 Å². The number of aryl methyl sites for hydroxylation is 2. The Kier molecular flexibility index (Phi) is 12.6. The zero-order valence-corrected chi connectivity index (χ0v) is 28.5. The van der Waals surface area contributed by atoms with E-state index in [2.05, 4.69) is 5.32 Å². The first-order valence-corrected chi connectivity index (χ1v) is 17.6. The SMILES string of the molecule is CCCCNC(=O)C(Cc1ccccc1)N(Cc1ccccc1C)C(=O)CN(c1ccccc1OCC)S(=O)(=O)c1ccc(C)cc1. The second-order valence-electron chi connectivity index (χ2n) is 11.5. The molecule has 47 heavy (non-hydrogen) atoms. The molecule has 4 aromatic carbocycles. The van der Waals surface area contributed by atoms with Crippen LogP contribution in [0.15, 0.2) is 108 Å². The van der Waals surface area contributed by atoms with Crippen molar-refractivity contribution in [1.29, 1.82) is 0 Å². The lowest BCUT2D eigenvalue weighted by molar-refractivity contribution is -0.140. The maximum absolute atomic E-state index is 14.7. The summed E-state index contributed by atoms with van der Waals surface area (Å²) in [6.45, 7) is 8.06. The summed E-state index contributed by atoms with van der Waals surface area (Å²) in [4.78, 5) is 30.2. The van der Waals surface area contributed by atoms with E-state index in [4.69, 9.17) is 4.74 Å². The Morgan fingerprint density at radius 1 is 0.830 bits per heavy atom. The standard InChI is InChI=1S/C38H45N3O5S/c1-5-7-25-39-38(43)35(26-31-16-9-8-10-17-31)40(27-32-18-12-11-15-30(32)4)37(42)28-41(34-19-13-14-20-36(34)46-6-2)47(44,45)33-23-21-29(3)22-24-33/h8-24,35H,5-7,25-28H2,1-4H3,(H,39,43). The van der Waals surface area contributed by atoms with Crippen LogP contribution in [0.2, 0.25) is 0 Å². The molecule has 1 atom stereocenters. The first kappa shape index (κ1) is 35.2. The van der Waals surface area contributed by atoms with E-state index in [-0.39, 0.29) is 29.5 Å². The van der Waals surface area contributed by atoms with Gasteiger partial charge in [-0.3, -0.25) is 13.9 Å². The molecule has 9 heteroatoms. The number of ether oxygens (including phenoxy) is 1. The van der Waals surface area contributed by atoms with Gasteiger partial charge in [0.2, 0.25) is 11.8 Å². The lowest BCUT2D eigenvalue weighted by Crippen LogP contribution is -2.53. The van der Waals surface area contributed by atoms with E-state index in [1.165, 1.54) is 17.0 Å². The molecule has 0 heterocycles. The molecule has 0 spiro atoms. The Morgan fingerprint density at radius 2 is 1.49 bits per heavy atom. The van der Waals surface area contributed by atoms with Crippen molar-refractivity contribution in [2.24, 2.45) is 0 Å². The molecule has 0 aliphatic heterocycles. The van der Waals surface area contributed by atoms with E-state index in [0.717, 1.165) is 39.4 Å². The highest BCUT2D eigenvalue weighted by molar-refractivity contribution is 7.92. The smallest absolute Gasteiger partial charge is 0.264 e. The first-order chi connectivity index (χ1) is 22.6. The molecule has 0 aliphatic rings. The Bertz CT molecular complexity index is 1730. The Hall–Kier alpha value is -4.63. The third kappa shape index (κ3) is 9.23. The van der Waals surface area contributed by atoms with Gasteiger partial charge >= 0.3 is 0 Å². The molecule has 1 N–H and O–H groups in total. The molecule has 0 radical (unpaired) electrons. The number of nitrogens with one attached hydrogen (secondary N) is 1. The molecule has 8 nitrogen and oxygen atoms in total. The summed E-state index contributed by atoms with van der Waals surface area (Å²) in [5.41, 5.74) is 3.86. The third-order valence-corrected chi connectivity index (χ3v) is 9.80. The molecule has 0 aliphatic carbocycles. The van der Waals surface area contributed by atoms with Crippen molar-refractivity contribution in [3.05, 3.63) is 125 Å². The molecule has 248 valence electrons. The van der Waals surface area contributed by atoms with Gasteiger partial charge in [-0.25, -0.2) is 8.42 Å². The van der Waals surface area contributed by atoms with Gasteiger partial charge < -0.3 is 15.0 Å². The number of amides is 2. The molecule has 2 amide bonds. The van der Waals surface area contributed by atoms with E-state index in [0.29, 0.717) is 18.9 Å². The van der Waals surface area contributed by atoms with Gasteiger partial charge in [0.05, 0.1) is 17.2 Å². The Morgan fingerprint density at radius 3 is 2.17 bits per heavy atom. The minimum absolute atomic E-state index is 0.0470. The summed E-state index contributed by atoms with van der Waals surface area (Å²) in [5, 5.41) is 3.03. The van der Waals surface area contributed by atoms with Crippen LogP contribution >= 0.6 is 0 Å². The Balaban J connectivity index is 1.83. The molecular formula is C38H45N3O5S. The molecule has 0 saturated carbocycles. The number of carbonyl (C=O) groups excluding carboxylic acids is 2. The van der Waals surface area contributed by atoms with Gasteiger partial charge in [0.15, 0.2) is 0 Å². The van der Waals surface area contributed by atoms with Crippen LogP contribution in [0.4, 0.5) is 5.69 Å². The molecule has 0 aromatic heterocycles. The molecule has 0 fully saturated rings. The first-order valence-electron chi connectivity index (χ1n) is 16.1.